The monoisotopic (exact) mass is 182 g/mol. The fourth-order valence-electron chi connectivity index (χ4n) is 1.09. The molecule has 0 aliphatic carbocycles. The van der Waals surface area contributed by atoms with Crippen LogP contribution in [0.2, 0.25) is 0 Å². The fourth-order valence-corrected chi connectivity index (χ4v) is 1.09. The molecule has 1 atom stereocenters. The average Bonchev–Trinajstić information content (AvgIpc) is 2.48. The summed E-state index contributed by atoms with van der Waals surface area (Å²) in [5.41, 5.74) is -0.202. The van der Waals surface area contributed by atoms with E-state index < -0.39 is 5.60 Å². The Kier molecular flexibility index (Phi) is 2.83. The first-order chi connectivity index (χ1) is 6.05. The van der Waals surface area contributed by atoms with Crippen LogP contribution < -0.4 is 0 Å². The molecule has 1 rings (SSSR count). The highest BCUT2D eigenvalue weighted by Gasteiger charge is 2.18. The van der Waals surface area contributed by atoms with Crippen molar-refractivity contribution in [2.45, 2.75) is 25.4 Å². The molecule has 13 heavy (non-hydrogen) atoms. The minimum atomic E-state index is -1.22. The van der Waals surface area contributed by atoms with Crippen molar-refractivity contribution in [3.63, 3.8) is 0 Å². The highest BCUT2D eigenvalue weighted by Crippen LogP contribution is 2.10. The lowest BCUT2D eigenvalue weighted by molar-refractivity contribution is -0.122. The van der Waals surface area contributed by atoms with Gasteiger partial charge in [0.25, 0.3) is 0 Å². The Labute approximate surface area is 77.2 Å². The Morgan fingerprint density at radius 2 is 2.46 bits per heavy atom. The number of aliphatic hydroxyl groups is 1. The predicted octanol–water partition coefficient (Wildman–Crippen LogP) is 0.303. The Bertz CT molecular complexity index is 292. The molecule has 72 valence electrons. The molecule has 4 nitrogen and oxygen atoms in total. The van der Waals surface area contributed by atoms with Crippen LogP contribution in [0.4, 0.5) is 0 Å². The van der Waals surface area contributed by atoms with E-state index in [1.807, 2.05) is 13.1 Å². The summed E-state index contributed by atoms with van der Waals surface area (Å²) in [6.45, 7) is 1.51. The van der Waals surface area contributed by atoms with Crippen molar-refractivity contribution in [1.29, 1.82) is 0 Å². The number of rotatable bonds is 4. The fraction of sp³-hybridized carbons (Fsp3) is 0.556. The second-order valence-corrected chi connectivity index (χ2v) is 3.42. The quantitative estimate of drug-likeness (QED) is 0.681. The lowest BCUT2D eigenvalue weighted by Crippen LogP contribution is -2.26. The van der Waals surface area contributed by atoms with Gasteiger partial charge in [0.2, 0.25) is 0 Å². The molecule has 0 bridgehead atoms. The Hall–Kier alpha value is -1.16. The summed E-state index contributed by atoms with van der Waals surface area (Å²) < 4.78 is 1.74. The summed E-state index contributed by atoms with van der Waals surface area (Å²) in [7, 11) is 1.84. The first-order valence-electron chi connectivity index (χ1n) is 4.21. The maximum absolute atomic E-state index is 10.4. The third-order valence-corrected chi connectivity index (χ3v) is 2.06. The zero-order chi connectivity index (χ0) is 9.90. The van der Waals surface area contributed by atoms with Gasteiger partial charge in [0, 0.05) is 18.9 Å². The van der Waals surface area contributed by atoms with Crippen molar-refractivity contribution < 1.29 is 9.90 Å². The van der Waals surface area contributed by atoms with Gasteiger partial charge >= 0.3 is 0 Å². The predicted molar refractivity (Wildman–Crippen MR) is 48.2 cm³/mol. The zero-order valence-corrected chi connectivity index (χ0v) is 7.90. The molecule has 0 fully saturated rings. The minimum Gasteiger partial charge on any atom is -0.383 e. The summed E-state index contributed by atoms with van der Waals surface area (Å²) in [5.74, 6) is 0. The standard InChI is InChI=1S/C9H14N2O2/c1-9(13,7-12)5-3-8-4-6-10-11(8)2/h4,6-7,13H,3,5H2,1-2H3. The molecule has 0 radical (unpaired) electrons. The Balaban J connectivity index is 2.53. The van der Waals surface area contributed by atoms with Crippen LogP contribution in [0.5, 0.6) is 0 Å². The molecular formula is C9H14N2O2. The number of hydrogen-bond acceptors (Lipinski definition) is 3. The summed E-state index contributed by atoms with van der Waals surface area (Å²) >= 11 is 0. The lowest BCUT2D eigenvalue weighted by Gasteiger charge is -2.14. The number of aromatic nitrogens is 2. The maximum Gasteiger partial charge on any atom is 0.151 e. The summed E-state index contributed by atoms with van der Waals surface area (Å²) in [5, 5.41) is 13.4. The van der Waals surface area contributed by atoms with Crippen LogP contribution in [-0.2, 0) is 18.3 Å². The van der Waals surface area contributed by atoms with Crippen LogP contribution in [0.15, 0.2) is 12.3 Å². The maximum atomic E-state index is 10.4. The van der Waals surface area contributed by atoms with Crippen molar-refractivity contribution >= 4 is 6.29 Å². The van der Waals surface area contributed by atoms with Crippen LogP contribution in [0, 0.1) is 0 Å². The molecule has 0 aliphatic heterocycles. The van der Waals surface area contributed by atoms with Gasteiger partial charge in [-0.25, -0.2) is 0 Å². The SMILES string of the molecule is Cn1nccc1CCC(C)(O)C=O. The van der Waals surface area contributed by atoms with Crippen molar-refractivity contribution in [3.8, 4) is 0 Å². The molecule has 0 amide bonds. The highest BCUT2D eigenvalue weighted by atomic mass is 16.3. The summed E-state index contributed by atoms with van der Waals surface area (Å²) in [6.07, 6.45) is 3.35. The molecule has 0 aromatic carbocycles. The summed E-state index contributed by atoms with van der Waals surface area (Å²) in [4.78, 5) is 10.4. The number of nitrogens with zero attached hydrogens (tertiary/aromatic N) is 2. The molecule has 1 aromatic rings. The van der Waals surface area contributed by atoms with Crippen LogP contribution in [0.3, 0.4) is 0 Å². The number of hydrogen-bond donors (Lipinski definition) is 1. The Morgan fingerprint density at radius 3 is 2.92 bits per heavy atom. The van der Waals surface area contributed by atoms with Gasteiger partial charge in [-0.3, -0.25) is 4.68 Å². The van der Waals surface area contributed by atoms with Crippen LogP contribution in [0.25, 0.3) is 0 Å². The zero-order valence-electron chi connectivity index (χ0n) is 7.90. The first kappa shape index (κ1) is 9.92. The molecule has 1 aromatic heterocycles. The molecule has 0 saturated heterocycles. The van der Waals surface area contributed by atoms with E-state index in [1.165, 1.54) is 6.92 Å². The largest absolute Gasteiger partial charge is 0.383 e. The van der Waals surface area contributed by atoms with Gasteiger partial charge in [-0.15, -0.1) is 0 Å². The van der Waals surface area contributed by atoms with Crippen molar-refractivity contribution in [3.05, 3.63) is 18.0 Å². The van der Waals surface area contributed by atoms with Crippen LogP contribution in [-0.4, -0.2) is 26.8 Å². The van der Waals surface area contributed by atoms with Crippen LogP contribution in [0.1, 0.15) is 19.0 Å². The van der Waals surface area contributed by atoms with Gasteiger partial charge in [-0.05, 0) is 25.8 Å². The second kappa shape index (κ2) is 3.70. The third-order valence-electron chi connectivity index (χ3n) is 2.06. The third kappa shape index (κ3) is 2.66. The van der Waals surface area contributed by atoms with E-state index >= 15 is 0 Å². The lowest BCUT2D eigenvalue weighted by atomic mass is 10.0. The first-order valence-corrected chi connectivity index (χ1v) is 4.21. The van der Waals surface area contributed by atoms with Crippen molar-refractivity contribution in [1.82, 2.24) is 9.78 Å². The van der Waals surface area contributed by atoms with Gasteiger partial charge in [0.15, 0.2) is 6.29 Å². The molecule has 4 heteroatoms. The topological polar surface area (TPSA) is 55.1 Å². The molecule has 1 unspecified atom stereocenters. The minimum absolute atomic E-state index is 0.427. The van der Waals surface area contributed by atoms with Gasteiger partial charge in [-0.1, -0.05) is 0 Å². The second-order valence-electron chi connectivity index (χ2n) is 3.42. The summed E-state index contributed by atoms with van der Waals surface area (Å²) in [6, 6.07) is 1.88. The average molecular weight is 182 g/mol. The number of aldehydes is 1. The molecule has 0 spiro atoms. The van der Waals surface area contributed by atoms with Crippen LogP contribution >= 0.6 is 0 Å². The van der Waals surface area contributed by atoms with E-state index in [9.17, 15) is 9.90 Å². The number of carbonyl (C=O) groups is 1. The normalized spacial score (nSPS) is 15.3. The molecular weight excluding hydrogens is 168 g/mol. The van der Waals surface area contributed by atoms with Gasteiger partial charge < -0.3 is 9.90 Å². The Morgan fingerprint density at radius 1 is 1.77 bits per heavy atom. The van der Waals surface area contributed by atoms with Crippen molar-refractivity contribution in [2.75, 3.05) is 0 Å². The number of carbonyl (C=O) groups excluding carboxylic acids is 1. The van der Waals surface area contributed by atoms with E-state index in [4.69, 9.17) is 0 Å². The molecule has 1 heterocycles. The molecule has 0 aliphatic rings. The van der Waals surface area contributed by atoms with Gasteiger partial charge in [0.05, 0.1) is 0 Å². The highest BCUT2D eigenvalue weighted by molar-refractivity contribution is 5.61. The van der Waals surface area contributed by atoms with E-state index in [2.05, 4.69) is 5.10 Å². The van der Waals surface area contributed by atoms with E-state index in [1.54, 1.807) is 10.9 Å². The smallest absolute Gasteiger partial charge is 0.151 e. The van der Waals surface area contributed by atoms with Crippen molar-refractivity contribution in [2.24, 2.45) is 7.05 Å². The van der Waals surface area contributed by atoms with E-state index in [-0.39, 0.29) is 0 Å². The molecule has 0 saturated carbocycles. The molecule has 1 N–H and O–H groups in total. The van der Waals surface area contributed by atoms with Gasteiger partial charge in [-0.2, -0.15) is 5.10 Å². The van der Waals surface area contributed by atoms with E-state index in [0.29, 0.717) is 19.1 Å². The van der Waals surface area contributed by atoms with E-state index in [0.717, 1.165) is 5.69 Å². The number of aryl methyl sites for hydroxylation is 2. The van der Waals surface area contributed by atoms with Gasteiger partial charge in [0.1, 0.15) is 5.60 Å².